The van der Waals surface area contributed by atoms with Gasteiger partial charge in [-0.05, 0) is 6.92 Å². The Morgan fingerprint density at radius 1 is 1.90 bits per heavy atom. The Balaban J connectivity index is 2.38. The van der Waals surface area contributed by atoms with E-state index < -0.39 is 6.29 Å². The monoisotopic (exact) mass is 145 g/mol. The van der Waals surface area contributed by atoms with Crippen LogP contribution in [0, 0.1) is 0 Å². The fourth-order valence-electron chi connectivity index (χ4n) is 0.876. The molecule has 0 radical (unpaired) electrons. The van der Waals surface area contributed by atoms with Gasteiger partial charge in [0.15, 0.2) is 0 Å². The molecule has 2 N–H and O–H groups in total. The van der Waals surface area contributed by atoms with E-state index in [1.165, 1.54) is 0 Å². The molecule has 58 valence electrons. The van der Waals surface area contributed by atoms with Crippen LogP contribution in [-0.2, 0) is 14.3 Å². The van der Waals surface area contributed by atoms with E-state index in [4.69, 9.17) is 15.2 Å². The molecular formula is C6H11NO3. The van der Waals surface area contributed by atoms with E-state index >= 15 is 0 Å². The maximum atomic E-state index is 10.6. The van der Waals surface area contributed by atoms with Crippen LogP contribution in [0.2, 0.25) is 0 Å². The predicted molar refractivity (Wildman–Crippen MR) is 34.1 cm³/mol. The second-order valence-electron chi connectivity index (χ2n) is 2.18. The van der Waals surface area contributed by atoms with Crippen LogP contribution in [-0.4, -0.2) is 24.9 Å². The van der Waals surface area contributed by atoms with Crippen LogP contribution in [0.25, 0.3) is 0 Å². The lowest BCUT2D eigenvalue weighted by atomic mass is 10.2. The van der Waals surface area contributed by atoms with Crippen LogP contribution in [0.5, 0.6) is 0 Å². The number of carbonyl (C=O) groups excluding carboxylic acids is 1. The molecule has 0 aromatic heterocycles. The standard InChI is InChI=1S/C6H11NO3/c1-2-9-6-4(7)3-5(8)10-6/h4,6H,2-3,7H2,1H3/t4-,6+/m0/s1. The topological polar surface area (TPSA) is 61.5 Å². The van der Waals surface area contributed by atoms with Crippen LogP contribution in [0.4, 0.5) is 0 Å². The summed E-state index contributed by atoms with van der Waals surface area (Å²) in [5.74, 6) is -0.272. The number of esters is 1. The number of hydrogen-bond donors (Lipinski definition) is 1. The van der Waals surface area contributed by atoms with Crippen molar-refractivity contribution in [2.75, 3.05) is 6.61 Å². The molecular weight excluding hydrogens is 134 g/mol. The molecule has 0 aromatic rings. The molecule has 0 spiro atoms. The van der Waals surface area contributed by atoms with Crippen molar-refractivity contribution >= 4 is 5.97 Å². The average Bonchev–Trinajstić information content (AvgIpc) is 2.13. The van der Waals surface area contributed by atoms with E-state index in [2.05, 4.69) is 0 Å². The Morgan fingerprint density at radius 3 is 3.00 bits per heavy atom. The SMILES string of the molecule is CCO[C@@H]1OC(=O)C[C@@H]1N. The van der Waals surface area contributed by atoms with Crippen molar-refractivity contribution in [3.05, 3.63) is 0 Å². The summed E-state index contributed by atoms with van der Waals surface area (Å²) < 4.78 is 9.75. The lowest BCUT2D eigenvalue weighted by molar-refractivity contribution is -0.162. The molecule has 0 amide bonds. The first-order valence-electron chi connectivity index (χ1n) is 3.30. The van der Waals surface area contributed by atoms with Crippen molar-refractivity contribution in [2.45, 2.75) is 25.7 Å². The maximum absolute atomic E-state index is 10.6. The molecule has 4 nitrogen and oxygen atoms in total. The number of ether oxygens (including phenoxy) is 2. The molecule has 0 saturated carbocycles. The smallest absolute Gasteiger partial charge is 0.309 e. The Bertz CT molecular complexity index is 137. The summed E-state index contributed by atoms with van der Waals surface area (Å²) in [4.78, 5) is 10.6. The number of hydrogen-bond acceptors (Lipinski definition) is 4. The van der Waals surface area contributed by atoms with Crippen LogP contribution in [0.3, 0.4) is 0 Å². The highest BCUT2D eigenvalue weighted by Crippen LogP contribution is 2.13. The number of carbonyl (C=O) groups is 1. The average molecular weight is 145 g/mol. The highest BCUT2D eigenvalue weighted by molar-refractivity contribution is 5.72. The van der Waals surface area contributed by atoms with Crippen molar-refractivity contribution in [3.63, 3.8) is 0 Å². The van der Waals surface area contributed by atoms with Crippen LogP contribution in [0.15, 0.2) is 0 Å². The van der Waals surface area contributed by atoms with Gasteiger partial charge in [-0.2, -0.15) is 0 Å². The summed E-state index contributed by atoms with van der Waals surface area (Å²) in [5, 5.41) is 0. The van der Waals surface area contributed by atoms with Gasteiger partial charge in [-0.25, -0.2) is 0 Å². The van der Waals surface area contributed by atoms with Gasteiger partial charge < -0.3 is 15.2 Å². The lowest BCUT2D eigenvalue weighted by Crippen LogP contribution is -2.32. The molecule has 1 heterocycles. The Hall–Kier alpha value is -0.610. The normalized spacial score (nSPS) is 32.4. The highest BCUT2D eigenvalue weighted by atomic mass is 16.7. The molecule has 0 aliphatic carbocycles. The van der Waals surface area contributed by atoms with Crippen molar-refractivity contribution in [1.29, 1.82) is 0 Å². The fourth-order valence-corrected chi connectivity index (χ4v) is 0.876. The van der Waals surface area contributed by atoms with Crippen molar-refractivity contribution in [1.82, 2.24) is 0 Å². The Morgan fingerprint density at radius 2 is 2.60 bits per heavy atom. The van der Waals surface area contributed by atoms with Crippen molar-refractivity contribution in [3.8, 4) is 0 Å². The zero-order valence-electron chi connectivity index (χ0n) is 5.87. The van der Waals surface area contributed by atoms with Gasteiger partial charge in [0.25, 0.3) is 0 Å². The molecule has 0 aromatic carbocycles. The highest BCUT2D eigenvalue weighted by Gasteiger charge is 2.32. The molecule has 1 aliphatic heterocycles. The van der Waals surface area contributed by atoms with Gasteiger partial charge in [0, 0.05) is 6.61 Å². The van der Waals surface area contributed by atoms with Gasteiger partial charge in [-0.3, -0.25) is 4.79 Å². The molecule has 1 rings (SSSR count). The fraction of sp³-hybridized carbons (Fsp3) is 0.833. The summed E-state index contributed by atoms with van der Waals surface area (Å²) in [6, 6.07) is -0.285. The maximum Gasteiger partial charge on any atom is 0.309 e. The van der Waals surface area contributed by atoms with Crippen LogP contribution in [0.1, 0.15) is 13.3 Å². The summed E-state index contributed by atoms with van der Waals surface area (Å²) in [5.41, 5.74) is 5.48. The van der Waals surface area contributed by atoms with Gasteiger partial charge in [0.05, 0.1) is 12.5 Å². The summed E-state index contributed by atoms with van der Waals surface area (Å²) >= 11 is 0. The lowest BCUT2D eigenvalue weighted by Gasteiger charge is -2.12. The second kappa shape index (κ2) is 2.98. The molecule has 10 heavy (non-hydrogen) atoms. The molecule has 1 aliphatic rings. The third kappa shape index (κ3) is 1.46. The number of nitrogens with two attached hydrogens (primary N) is 1. The Labute approximate surface area is 59.3 Å². The van der Waals surface area contributed by atoms with E-state index in [-0.39, 0.29) is 18.4 Å². The van der Waals surface area contributed by atoms with Gasteiger partial charge in [-0.15, -0.1) is 0 Å². The number of cyclic esters (lactones) is 1. The van der Waals surface area contributed by atoms with E-state index in [9.17, 15) is 4.79 Å². The van der Waals surface area contributed by atoms with E-state index in [0.717, 1.165) is 0 Å². The van der Waals surface area contributed by atoms with Crippen LogP contribution < -0.4 is 5.73 Å². The molecule has 2 atom stereocenters. The van der Waals surface area contributed by atoms with E-state index in [1.54, 1.807) is 0 Å². The zero-order valence-corrected chi connectivity index (χ0v) is 5.87. The first kappa shape index (κ1) is 7.50. The first-order valence-corrected chi connectivity index (χ1v) is 3.30. The van der Waals surface area contributed by atoms with Gasteiger partial charge in [0.2, 0.25) is 6.29 Å². The molecule has 0 bridgehead atoms. The minimum absolute atomic E-state index is 0.269. The van der Waals surface area contributed by atoms with Gasteiger partial charge in [-0.1, -0.05) is 0 Å². The minimum atomic E-state index is -0.516. The quantitative estimate of drug-likeness (QED) is 0.538. The van der Waals surface area contributed by atoms with E-state index in [1.807, 2.05) is 6.92 Å². The zero-order chi connectivity index (χ0) is 7.56. The molecule has 0 unspecified atom stereocenters. The third-order valence-electron chi connectivity index (χ3n) is 1.33. The van der Waals surface area contributed by atoms with Gasteiger partial charge >= 0.3 is 5.97 Å². The molecule has 4 heteroatoms. The molecule has 1 saturated heterocycles. The Kier molecular flexibility index (Phi) is 2.24. The van der Waals surface area contributed by atoms with Crippen molar-refractivity contribution in [2.24, 2.45) is 5.73 Å². The summed E-state index contributed by atoms with van der Waals surface area (Å²) in [6.45, 7) is 2.35. The van der Waals surface area contributed by atoms with Gasteiger partial charge in [0.1, 0.15) is 0 Å². The molecule has 1 fully saturated rings. The first-order chi connectivity index (χ1) is 4.74. The largest absolute Gasteiger partial charge is 0.434 e. The summed E-state index contributed by atoms with van der Waals surface area (Å²) in [6.07, 6.45) is -0.248. The van der Waals surface area contributed by atoms with Crippen molar-refractivity contribution < 1.29 is 14.3 Å². The summed E-state index contributed by atoms with van der Waals surface area (Å²) in [7, 11) is 0. The predicted octanol–water partition coefficient (Wildman–Crippen LogP) is -0.377. The second-order valence-corrected chi connectivity index (χ2v) is 2.18. The number of rotatable bonds is 2. The minimum Gasteiger partial charge on any atom is -0.434 e. The van der Waals surface area contributed by atoms with Crippen LogP contribution >= 0.6 is 0 Å². The van der Waals surface area contributed by atoms with E-state index in [0.29, 0.717) is 6.61 Å². The third-order valence-corrected chi connectivity index (χ3v) is 1.33.